The Hall–Kier alpha value is -0.330. The first-order valence-corrected chi connectivity index (χ1v) is 9.77. The first-order valence-electron chi connectivity index (χ1n) is 8.16. The minimum Gasteiger partial charge on any atom is -0.351 e. The lowest BCUT2D eigenvalue weighted by atomic mass is 10.0. The number of sulfone groups is 1. The molecule has 2 unspecified atom stereocenters. The van der Waals surface area contributed by atoms with Crippen LogP contribution in [0, 0.1) is 5.92 Å². The molecule has 0 aromatic heterocycles. The average molecular weight is 353 g/mol. The quantitative estimate of drug-likeness (QED) is 0.789. The highest BCUT2D eigenvalue weighted by atomic mass is 35.5. The van der Waals surface area contributed by atoms with Crippen LogP contribution in [0.5, 0.6) is 0 Å². The summed E-state index contributed by atoms with van der Waals surface area (Å²) in [4.78, 5) is 12.5. The highest BCUT2D eigenvalue weighted by molar-refractivity contribution is 7.93. The fraction of sp³-hybridized carbons (Fsp3) is 0.933. The fourth-order valence-corrected chi connectivity index (χ4v) is 6.02. The summed E-state index contributed by atoms with van der Waals surface area (Å²) in [6, 6.07) is 0.0697. The van der Waals surface area contributed by atoms with Crippen molar-refractivity contribution < 1.29 is 13.2 Å². The van der Waals surface area contributed by atoms with Gasteiger partial charge in [-0.25, -0.2) is 8.42 Å². The van der Waals surface area contributed by atoms with Crippen LogP contribution in [0.1, 0.15) is 52.4 Å². The van der Waals surface area contributed by atoms with Crippen LogP contribution in [0.3, 0.4) is 0 Å². The molecule has 22 heavy (non-hydrogen) atoms. The highest BCUT2D eigenvalue weighted by Gasteiger charge is 2.41. The Bertz CT molecular complexity index is 455. The van der Waals surface area contributed by atoms with Crippen molar-refractivity contribution in [1.29, 1.82) is 0 Å². The average Bonchev–Trinajstić information content (AvgIpc) is 2.91. The second kappa shape index (κ2) is 8.50. The van der Waals surface area contributed by atoms with Gasteiger partial charge in [0.2, 0.25) is 5.91 Å². The Morgan fingerprint density at radius 2 is 1.77 bits per heavy atom. The predicted octanol–water partition coefficient (Wildman–Crippen LogP) is 1.66. The van der Waals surface area contributed by atoms with Gasteiger partial charge in [-0.3, -0.25) is 4.79 Å². The standard InChI is InChI=1S/C15H28N2O3S.ClH/c1-11(2)14(15(18)17-12-8-9-16-10-12)21(19,20)13-6-4-3-5-7-13;/h11-14,16H,3-10H2,1-2H3,(H,17,18);1H. The van der Waals surface area contributed by atoms with E-state index in [0.717, 1.165) is 38.8 Å². The summed E-state index contributed by atoms with van der Waals surface area (Å²) in [5.74, 6) is -0.490. The second-order valence-corrected chi connectivity index (χ2v) is 9.06. The van der Waals surface area contributed by atoms with Gasteiger partial charge < -0.3 is 10.6 Å². The van der Waals surface area contributed by atoms with E-state index in [9.17, 15) is 13.2 Å². The van der Waals surface area contributed by atoms with Gasteiger partial charge in [0.25, 0.3) is 0 Å². The Labute approximate surface area is 140 Å². The summed E-state index contributed by atoms with van der Waals surface area (Å²) >= 11 is 0. The summed E-state index contributed by atoms with van der Waals surface area (Å²) in [5, 5.41) is 4.88. The van der Waals surface area contributed by atoms with Gasteiger partial charge in [0.15, 0.2) is 9.84 Å². The topological polar surface area (TPSA) is 75.3 Å². The van der Waals surface area contributed by atoms with Crippen LogP contribution >= 0.6 is 12.4 Å². The monoisotopic (exact) mass is 352 g/mol. The zero-order chi connectivity index (χ0) is 15.5. The van der Waals surface area contributed by atoms with E-state index in [0.29, 0.717) is 12.8 Å². The van der Waals surface area contributed by atoms with Gasteiger partial charge in [0, 0.05) is 12.6 Å². The summed E-state index contributed by atoms with van der Waals surface area (Å²) in [5.41, 5.74) is 0. The zero-order valence-electron chi connectivity index (χ0n) is 13.5. The van der Waals surface area contributed by atoms with Crippen molar-refractivity contribution in [2.75, 3.05) is 13.1 Å². The van der Waals surface area contributed by atoms with E-state index in [2.05, 4.69) is 10.6 Å². The maximum atomic E-state index is 12.9. The molecule has 2 N–H and O–H groups in total. The number of rotatable bonds is 5. The third kappa shape index (κ3) is 4.59. The minimum absolute atomic E-state index is 0. The molecule has 1 saturated heterocycles. The molecule has 5 nitrogen and oxygen atoms in total. The number of carbonyl (C=O) groups excluding carboxylic acids is 1. The van der Waals surface area contributed by atoms with Crippen molar-refractivity contribution in [2.45, 2.75) is 68.9 Å². The van der Waals surface area contributed by atoms with Crippen LogP contribution in [0.2, 0.25) is 0 Å². The SMILES string of the molecule is CC(C)C(C(=O)NC1CCNC1)S(=O)(=O)C1CCCCC1.Cl. The van der Waals surface area contributed by atoms with Crippen molar-refractivity contribution in [3.8, 4) is 0 Å². The molecule has 1 saturated carbocycles. The van der Waals surface area contributed by atoms with E-state index in [-0.39, 0.29) is 35.5 Å². The third-order valence-electron chi connectivity index (χ3n) is 4.64. The summed E-state index contributed by atoms with van der Waals surface area (Å²) in [7, 11) is -3.40. The number of nitrogens with one attached hydrogen (secondary N) is 2. The molecule has 1 heterocycles. The number of amides is 1. The molecule has 0 aromatic carbocycles. The molecule has 0 aromatic rings. The molecular formula is C15H29ClN2O3S. The van der Waals surface area contributed by atoms with Gasteiger partial charge >= 0.3 is 0 Å². The van der Waals surface area contributed by atoms with E-state index in [1.165, 1.54) is 0 Å². The van der Waals surface area contributed by atoms with E-state index in [1.54, 1.807) is 0 Å². The van der Waals surface area contributed by atoms with Crippen LogP contribution in [0.15, 0.2) is 0 Å². The van der Waals surface area contributed by atoms with Crippen molar-refractivity contribution in [3.05, 3.63) is 0 Å². The van der Waals surface area contributed by atoms with Crippen LogP contribution in [-0.2, 0) is 14.6 Å². The number of hydrogen-bond acceptors (Lipinski definition) is 4. The van der Waals surface area contributed by atoms with Crippen molar-refractivity contribution in [3.63, 3.8) is 0 Å². The van der Waals surface area contributed by atoms with Crippen molar-refractivity contribution in [1.82, 2.24) is 10.6 Å². The van der Waals surface area contributed by atoms with Gasteiger partial charge in [-0.2, -0.15) is 0 Å². The highest BCUT2D eigenvalue weighted by Crippen LogP contribution is 2.29. The third-order valence-corrected chi connectivity index (χ3v) is 7.51. The number of halogens is 1. The molecule has 2 atom stereocenters. The van der Waals surface area contributed by atoms with Crippen molar-refractivity contribution in [2.24, 2.45) is 5.92 Å². The van der Waals surface area contributed by atoms with Gasteiger partial charge in [0.1, 0.15) is 5.25 Å². The van der Waals surface area contributed by atoms with Crippen LogP contribution in [-0.4, -0.2) is 44.0 Å². The molecule has 1 amide bonds. The zero-order valence-corrected chi connectivity index (χ0v) is 15.1. The van der Waals surface area contributed by atoms with Gasteiger partial charge in [-0.05, 0) is 31.7 Å². The molecule has 7 heteroatoms. The molecule has 0 radical (unpaired) electrons. The predicted molar refractivity (Wildman–Crippen MR) is 91.1 cm³/mol. The minimum atomic E-state index is -3.40. The number of carbonyl (C=O) groups is 1. The van der Waals surface area contributed by atoms with Crippen LogP contribution in [0.25, 0.3) is 0 Å². The summed E-state index contributed by atoms with van der Waals surface area (Å²) < 4.78 is 25.7. The van der Waals surface area contributed by atoms with Gasteiger partial charge in [-0.1, -0.05) is 33.1 Å². The van der Waals surface area contributed by atoms with Gasteiger partial charge in [0.05, 0.1) is 5.25 Å². The van der Waals surface area contributed by atoms with Crippen LogP contribution < -0.4 is 10.6 Å². The summed E-state index contributed by atoms with van der Waals surface area (Å²) in [6.45, 7) is 5.28. The first kappa shape index (κ1) is 19.7. The molecule has 2 rings (SSSR count). The van der Waals surface area contributed by atoms with Crippen molar-refractivity contribution >= 4 is 28.2 Å². The van der Waals surface area contributed by atoms with Crippen LogP contribution in [0.4, 0.5) is 0 Å². The molecule has 2 aliphatic rings. The smallest absolute Gasteiger partial charge is 0.238 e. The lowest BCUT2D eigenvalue weighted by molar-refractivity contribution is -0.122. The fourth-order valence-electron chi connectivity index (χ4n) is 3.49. The van der Waals surface area contributed by atoms with E-state index < -0.39 is 15.1 Å². The lowest BCUT2D eigenvalue weighted by Gasteiger charge is -2.29. The van der Waals surface area contributed by atoms with E-state index in [1.807, 2.05) is 13.8 Å². The first-order chi connectivity index (χ1) is 9.93. The Morgan fingerprint density at radius 3 is 2.27 bits per heavy atom. The Balaban J connectivity index is 0.00000242. The maximum absolute atomic E-state index is 12.9. The summed E-state index contributed by atoms with van der Waals surface area (Å²) in [6.07, 6.45) is 5.33. The molecule has 130 valence electrons. The number of hydrogen-bond donors (Lipinski definition) is 2. The Morgan fingerprint density at radius 1 is 1.14 bits per heavy atom. The molecule has 1 aliphatic heterocycles. The molecule has 2 fully saturated rings. The molecule has 0 spiro atoms. The molecule has 0 bridgehead atoms. The van der Waals surface area contributed by atoms with E-state index >= 15 is 0 Å². The molecular weight excluding hydrogens is 324 g/mol. The lowest BCUT2D eigenvalue weighted by Crippen LogP contribution is -2.50. The Kier molecular flexibility index (Phi) is 7.62. The normalized spacial score (nSPS) is 24.8. The second-order valence-electron chi connectivity index (χ2n) is 6.71. The van der Waals surface area contributed by atoms with Gasteiger partial charge in [-0.15, -0.1) is 12.4 Å². The van der Waals surface area contributed by atoms with E-state index in [4.69, 9.17) is 0 Å². The maximum Gasteiger partial charge on any atom is 0.238 e. The molecule has 1 aliphatic carbocycles. The largest absolute Gasteiger partial charge is 0.351 e.